The van der Waals surface area contributed by atoms with Gasteiger partial charge in [-0.05, 0) is 45.0 Å². The number of rotatable bonds is 7. The minimum absolute atomic E-state index is 0.136. The summed E-state index contributed by atoms with van der Waals surface area (Å²) < 4.78 is 17.9. The van der Waals surface area contributed by atoms with Crippen LogP contribution in [0.2, 0.25) is 0 Å². The van der Waals surface area contributed by atoms with Crippen molar-refractivity contribution in [2.45, 2.75) is 27.2 Å². The lowest BCUT2D eigenvalue weighted by Gasteiger charge is -2.11. The molecule has 0 aliphatic heterocycles. The van der Waals surface area contributed by atoms with E-state index >= 15 is 0 Å². The van der Waals surface area contributed by atoms with E-state index in [1.54, 1.807) is 19.1 Å². The third kappa shape index (κ3) is 4.95. The molecule has 26 heavy (non-hydrogen) atoms. The highest BCUT2D eigenvalue weighted by Crippen LogP contribution is 2.30. The molecule has 1 N–H and O–H groups in total. The van der Waals surface area contributed by atoms with E-state index in [1.165, 1.54) is 30.4 Å². The fraction of sp³-hybridized carbons (Fsp3) is 0.333. The minimum Gasteiger partial charge on any atom is -0.465 e. The molecule has 0 fully saturated rings. The van der Waals surface area contributed by atoms with Gasteiger partial charge >= 0.3 is 5.97 Å². The number of benzene rings is 1. The van der Waals surface area contributed by atoms with Gasteiger partial charge < -0.3 is 10.1 Å². The van der Waals surface area contributed by atoms with Gasteiger partial charge in [0.1, 0.15) is 17.5 Å². The van der Waals surface area contributed by atoms with E-state index in [0.717, 1.165) is 10.4 Å². The zero-order valence-electron chi connectivity index (χ0n) is 14.7. The van der Waals surface area contributed by atoms with Gasteiger partial charge in [0.2, 0.25) is 5.91 Å². The van der Waals surface area contributed by atoms with Crippen LogP contribution in [0.15, 0.2) is 24.3 Å². The van der Waals surface area contributed by atoms with Crippen LogP contribution in [0.1, 0.15) is 25.1 Å². The van der Waals surface area contributed by atoms with Crippen molar-refractivity contribution in [3.8, 4) is 11.3 Å². The second kappa shape index (κ2) is 8.66. The molecule has 2 rings (SSSR count). The maximum atomic E-state index is 13.0. The minimum atomic E-state index is -1.13. The van der Waals surface area contributed by atoms with Gasteiger partial charge in [-0.3, -0.25) is 14.4 Å². The maximum Gasteiger partial charge on any atom is 0.316 e. The van der Waals surface area contributed by atoms with Crippen LogP contribution >= 0.6 is 11.3 Å². The molecule has 0 saturated carbocycles. The molecule has 1 atom stereocenters. The number of ether oxygens (including phenoxy) is 1. The lowest BCUT2D eigenvalue weighted by Crippen LogP contribution is -2.29. The van der Waals surface area contributed by atoms with E-state index in [9.17, 15) is 18.8 Å². The largest absolute Gasteiger partial charge is 0.465 e. The van der Waals surface area contributed by atoms with E-state index in [2.05, 4.69) is 10.3 Å². The van der Waals surface area contributed by atoms with Gasteiger partial charge in [0.15, 0.2) is 5.13 Å². The number of hydrogen-bond acceptors (Lipinski definition) is 6. The first-order valence-electron chi connectivity index (χ1n) is 8.02. The Morgan fingerprint density at radius 2 is 1.92 bits per heavy atom. The fourth-order valence-electron chi connectivity index (χ4n) is 2.32. The lowest BCUT2D eigenvalue weighted by molar-refractivity contribution is -0.152. The van der Waals surface area contributed by atoms with Crippen molar-refractivity contribution in [2.24, 2.45) is 5.92 Å². The van der Waals surface area contributed by atoms with E-state index in [-0.39, 0.29) is 18.8 Å². The van der Waals surface area contributed by atoms with Gasteiger partial charge in [-0.2, -0.15) is 0 Å². The molecule has 0 saturated heterocycles. The van der Waals surface area contributed by atoms with Crippen LogP contribution in [0.4, 0.5) is 9.52 Å². The van der Waals surface area contributed by atoms with Crippen LogP contribution in [-0.2, 0) is 19.1 Å². The zero-order valence-corrected chi connectivity index (χ0v) is 15.5. The molecule has 0 bridgehead atoms. The van der Waals surface area contributed by atoms with Crippen molar-refractivity contribution < 1.29 is 23.5 Å². The summed E-state index contributed by atoms with van der Waals surface area (Å²) in [5.74, 6) is -3.12. The maximum absolute atomic E-state index is 13.0. The lowest BCUT2D eigenvalue weighted by atomic mass is 10.0. The van der Waals surface area contributed by atoms with Crippen LogP contribution in [-0.4, -0.2) is 29.3 Å². The summed E-state index contributed by atoms with van der Waals surface area (Å²) in [5, 5.41) is 2.95. The Balaban J connectivity index is 2.09. The van der Waals surface area contributed by atoms with Gasteiger partial charge in [0.25, 0.3) is 0 Å². The molecule has 8 heteroatoms. The number of anilines is 1. The predicted octanol–water partition coefficient (Wildman–Crippen LogP) is 3.35. The quantitative estimate of drug-likeness (QED) is 0.590. The van der Waals surface area contributed by atoms with E-state index in [0.29, 0.717) is 10.8 Å². The molecule has 0 aliphatic rings. The number of amides is 1. The van der Waals surface area contributed by atoms with Crippen LogP contribution in [0.5, 0.6) is 0 Å². The van der Waals surface area contributed by atoms with Crippen LogP contribution in [0, 0.1) is 18.7 Å². The number of carbonyl (C=O) groups is 3. The van der Waals surface area contributed by atoms with Crippen molar-refractivity contribution in [1.29, 1.82) is 0 Å². The van der Waals surface area contributed by atoms with E-state index in [1.807, 2.05) is 6.92 Å². The average molecular weight is 378 g/mol. The van der Waals surface area contributed by atoms with Crippen molar-refractivity contribution in [3.05, 3.63) is 35.0 Å². The van der Waals surface area contributed by atoms with Gasteiger partial charge in [0, 0.05) is 16.9 Å². The number of Topliss-reactive ketones (excluding diaryl/α,β-unsaturated/α-hetero) is 1. The number of esters is 1. The summed E-state index contributed by atoms with van der Waals surface area (Å²) in [6, 6.07) is 5.89. The number of nitrogens with one attached hydrogen (secondary N) is 1. The smallest absolute Gasteiger partial charge is 0.316 e. The second-order valence-electron chi connectivity index (χ2n) is 5.60. The molecule has 2 aromatic rings. The first-order valence-corrected chi connectivity index (χ1v) is 8.83. The summed E-state index contributed by atoms with van der Waals surface area (Å²) in [7, 11) is 0. The monoisotopic (exact) mass is 378 g/mol. The highest BCUT2D eigenvalue weighted by molar-refractivity contribution is 7.16. The van der Waals surface area contributed by atoms with Crippen molar-refractivity contribution >= 4 is 34.1 Å². The summed E-state index contributed by atoms with van der Waals surface area (Å²) in [6.45, 7) is 4.85. The van der Waals surface area contributed by atoms with Crippen molar-refractivity contribution in [3.63, 3.8) is 0 Å². The summed E-state index contributed by atoms with van der Waals surface area (Å²) in [6.07, 6.45) is -0.307. The van der Waals surface area contributed by atoms with Gasteiger partial charge in [-0.1, -0.05) is 0 Å². The molecular formula is C18H19FN2O4S. The normalized spacial score (nSPS) is 11.7. The van der Waals surface area contributed by atoms with E-state index in [4.69, 9.17) is 4.74 Å². The van der Waals surface area contributed by atoms with E-state index < -0.39 is 23.6 Å². The van der Waals surface area contributed by atoms with Gasteiger partial charge in [-0.15, -0.1) is 11.3 Å². The second-order valence-corrected chi connectivity index (χ2v) is 6.80. The average Bonchev–Trinajstić information content (AvgIpc) is 2.93. The van der Waals surface area contributed by atoms with Crippen molar-refractivity contribution in [1.82, 2.24) is 4.98 Å². The van der Waals surface area contributed by atoms with Gasteiger partial charge in [0.05, 0.1) is 12.3 Å². The zero-order chi connectivity index (χ0) is 19.3. The molecule has 1 unspecified atom stereocenters. The molecule has 0 aliphatic carbocycles. The highest BCUT2D eigenvalue weighted by Gasteiger charge is 2.28. The number of hydrogen-bond donors (Lipinski definition) is 1. The molecule has 138 valence electrons. The molecule has 0 radical (unpaired) electrons. The number of halogens is 1. The third-order valence-corrected chi connectivity index (χ3v) is 4.50. The Hall–Kier alpha value is -2.61. The molecule has 1 aromatic heterocycles. The van der Waals surface area contributed by atoms with Crippen molar-refractivity contribution in [2.75, 3.05) is 11.9 Å². The molecular weight excluding hydrogens is 359 g/mol. The molecule has 1 amide bonds. The first kappa shape index (κ1) is 19.7. The Bertz CT molecular complexity index is 817. The Labute approximate surface area is 154 Å². The summed E-state index contributed by atoms with van der Waals surface area (Å²) in [5.41, 5.74) is 1.37. The standard InChI is InChI=1S/C18H19FN2O4S/c1-4-25-17(24)14(10(2)22)9-15(23)20-18-21-16(11(3)26-18)12-5-7-13(19)8-6-12/h5-8,14H,4,9H2,1-3H3,(H,20,21,23). The fourth-order valence-corrected chi connectivity index (χ4v) is 3.17. The predicted molar refractivity (Wildman–Crippen MR) is 96.3 cm³/mol. The highest BCUT2D eigenvalue weighted by atomic mass is 32.1. The molecule has 0 spiro atoms. The number of aryl methyl sites for hydroxylation is 1. The third-order valence-electron chi connectivity index (χ3n) is 3.61. The molecule has 6 nitrogen and oxygen atoms in total. The Kier molecular flexibility index (Phi) is 6.57. The SMILES string of the molecule is CCOC(=O)C(CC(=O)Nc1nc(-c2ccc(F)cc2)c(C)s1)C(C)=O. The number of aromatic nitrogens is 1. The topological polar surface area (TPSA) is 85.4 Å². The Morgan fingerprint density at radius 1 is 1.27 bits per heavy atom. The number of ketones is 1. The summed E-state index contributed by atoms with van der Waals surface area (Å²) >= 11 is 1.26. The number of carbonyl (C=O) groups excluding carboxylic acids is 3. The number of thiazole rings is 1. The van der Waals surface area contributed by atoms with Crippen LogP contribution < -0.4 is 5.32 Å². The van der Waals surface area contributed by atoms with Crippen LogP contribution in [0.25, 0.3) is 11.3 Å². The van der Waals surface area contributed by atoms with Gasteiger partial charge in [-0.25, -0.2) is 9.37 Å². The first-order chi connectivity index (χ1) is 12.3. The Morgan fingerprint density at radius 3 is 2.50 bits per heavy atom. The molecule has 1 heterocycles. The number of nitrogens with zero attached hydrogens (tertiary/aromatic N) is 1. The summed E-state index contributed by atoms with van der Waals surface area (Å²) in [4.78, 5) is 40.7. The molecule has 1 aromatic carbocycles. The van der Waals surface area contributed by atoms with Crippen LogP contribution in [0.3, 0.4) is 0 Å².